The second-order valence-electron chi connectivity index (χ2n) is 5.61. The lowest BCUT2D eigenvalue weighted by molar-refractivity contribution is -0.124. The van der Waals surface area contributed by atoms with Gasteiger partial charge in [-0.1, -0.05) is 30.3 Å². The first-order valence-electron chi connectivity index (χ1n) is 7.57. The fraction of sp³-hybridized carbons (Fsp3) is 0.158. The Kier molecular flexibility index (Phi) is 3.23. The minimum absolute atomic E-state index is 0.0565. The highest BCUT2D eigenvalue weighted by Crippen LogP contribution is 2.41. The van der Waals surface area contributed by atoms with Crippen LogP contribution in [0, 0.1) is 0 Å². The Hall–Kier alpha value is -2.88. The first-order chi connectivity index (χ1) is 11.3. The minimum Gasteiger partial charge on any atom is -0.497 e. The van der Waals surface area contributed by atoms with Crippen molar-refractivity contribution < 1.29 is 9.53 Å². The third kappa shape index (κ3) is 2.23. The van der Waals surface area contributed by atoms with Crippen LogP contribution in [0.3, 0.4) is 0 Å². The lowest BCUT2D eigenvalue weighted by atomic mass is 9.92. The number of ether oxygens (including phenoxy) is 1. The van der Waals surface area contributed by atoms with E-state index in [0.717, 1.165) is 27.9 Å². The van der Waals surface area contributed by atoms with Gasteiger partial charge in [-0.25, -0.2) is 0 Å². The van der Waals surface area contributed by atoms with E-state index in [2.05, 4.69) is 4.98 Å². The maximum atomic E-state index is 12.3. The number of anilines is 1. The fourth-order valence-electron chi connectivity index (χ4n) is 3.09. The summed E-state index contributed by atoms with van der Waals surface area (Å²) in [5, 5.41) is 1.04. The molecule has 0 aliphatic carbocycles. The Labute approximate surface area is 134 Å². The van der Waals surface area contributed by atoms with E-state index in [1.807, 2.05) is 59.5 Å². The maximum Gasteiger partial charge on any atom is 0.230 e. The van der Waals surface area contributed by atoms with E-state index in [4.69, 9.17) is 4.74 Å². The van der Waals surface area contributed by atoms with Gasteiger partial charge < -0.3 is 9.64 Å². The molecule has 4 nitrogen and oxygen atoms in total. The Morgan fingerprint density at radius 2 is 1.87 bits per heavy atom. The number of aromatic nitrogens is 1. The molecule has 1 amide bonds. The van der Waals surface area contributed by atoms with Gasteiger partial charge in [0.15, 0.2) is 0 Å². The number of benzene rings is 2. The summed E-state index contributed by atoms with van der Waals surface area (Å²) >= 11 is 0. The molecule has 4 rings (SSSR count). The highest BCUT2D eigenvalue weighted by molar-refractivity contribution is 6.07. The van der Waals surface area contributed by atoms with Crippen molar-refractivity contribution >= 4 is 22.5 Å². The molecule has 23 heavy (non-hydrogen) atoms. The summed E-state index contributed by atoms with van der Waals surface area (Å²) in [6.45, 7) is 0. The van der Waals surface area contributed by atoms with Crippen molar-refractivity contribution in [2.75, 3.05) is 12.0 Å². The number of methoxy groups -OCH3 is 1. The lowest BCUT2D eigenvalue weighted by Gasteiger charge is -2.41. The number of fused-ring (bicyclic) bond motifs is 1. The van der Waals surface area contributed by atoms with Gasteiger partial charge in [0.05, 0.1) is 30.8 Å². The van der Waals surface area contributed by atoms with Gasteiger partial charge >= 0.3 is 0 Å². The van der Waals surface area contributed by atoms with Crippen molar-refractivity contribution in [2.24, 2.45) is 0 Å². The van der Waals surface area contributed by atoms with Crippen LogP contribution in [0.25, 0.3) is 10.9 Å². The topological polar surface area (TPSA) is 42.4 Å². The van der Waals surface area contributed by atoms with Gasteiger partial charge in [-0.3, -0.25) is 9.78 Å². The number of amides is 1. The zero-order chi connectivity index (χ0) is 15.8. The third-order valence-electron chi connectivity index (χ3n) is 4.32. The van der Waals surface area contributed by atoms with E-state index in [0.29, 0.717) is 6.42 Å². The highest BCUT2D eigenvalue weighted by Gasteiger charge is 2.39. The van der Waals surface area contributed by atoms with Gasteiger partial charge in [0.2, 0.25) is 5.91 Å². The molecule has 1 aliphatic heterocycles. The quantitative estimate of drug-likeness (QED) is 0.693. The van der Waals surface area contributed by atoms with Crippen molar-refractivity contribution in [2.45, 2.75) is 12.5 Å². The summed E-state index contributed by atoms with van der Waals surface area (Å²) in [7, 11) is 1.65. The SMILES string of the molecule is COc1ccc(C2CC(=O)N2c2cccc3cccnc23)cc1. The number of nitrogens with zero attached hydrogens (tertiary/aromatic N) is 2. The molecule has 2 aromatic carbocycles. The number of carbonyl (C=O) groups excluding carboxylic acids is 1. The van der Waals surface area contributed by atoms with Crippen LogP contribution in [0.15, 0.2) is 60.8 Å². The van der Waals surface area contributed by atoms with E-state index in [1.165, 1.54) is 0 Å². The predicted molar refractivity (Wildman–Crippen MR) is 89.6 cm³/mol. The van der Waals surface area contributed by atoms with Gasteiger partial charge in [0.25, 0.3) is 0 Å². The molecule has 1 aliphatic rings. The van der Waals surface area contributed by atoms with Crippen molar-refractivity contribution in [3.8, 4) is 5.75 Å². The summed E-state index contributed by atoms with van der Waals surface area (Å²) < 4.78 is 5.20. The molecule has 1 fully saturated rings. The number of hydrogen-bond donors (Lipinski definition) is 0. The molecule has 1 unspecified atom stereocenters. The molecule has 1 aromatic heterocycles. The molecule has 0 N–H and O–H groups in total. The summed E-state index contributed by atoms with van der Waals surface area (Å²) in [6, 6.07) is 17.8. The molecular weight excluding hydrogens is 288 g/mol. The van der Waals surface area contributed by atoms with Crippen molar-refractivity contribution in [1.82, 2.24) is 4.98 Å². The van der Waals surface area contributed by atoms with Crippen LogP contribution in [0.4, 0.5) is 5.69 Å². The monoisotopic (exact) mass is 304 g/mol. The van der Waals surface area contributed by atoms with E-state index >= 15 is 0 Å². The summed E-state index contributed by atoms with van der Waals surface area (Å²) in [4.78, 5) is 18.6. The number of para-hydroxylation sites is 1. The fourth-order valence-corrected chi connectivity index (χ4v) is 3.09. The second-order valence-corrected chi connectivity index (χ2v) is 5.61. The maximum absolute atomic E-state index is 12.3. The zero-order valence-electron chi connectivity index (χ0n) is 12.8. The first kappa shape index (κ1) is 13.8. The van der Waals surface area contributed by atoms with Crippen LogP contribution in [-0.4, -0.2) is 18.0 Å². The van der Waals surface area contributed by atoms with E-state index < -0.39 is 0 Å². The van der Waals surface area contributed by atoms with Gasteiger partial charge in [-0.2, -0.15) is 0 Å². The number of pyridine rings is 1. The van der Waals surface area contributed by atoms with Crippen molar-refractivity contribution in [3.05, 3.63) is 66.4 Å². The zero-order valence-corrected chi connectivity index (χ0v) is 12.8. The molecule has 114 valence electrons. The normalized spacial score (nSPS) is 17.2. The summed E-state index contributed by atoms with van der Waals surface area (Å²) in [5.74, 6) is 0.946. The third-order valence-corrected chi connectivity index (χ3v) is 4.32. The first-order valence-corrected chi connectivity index (χ1v) is 7.57. The van der Waals surface area contributed by atoms with Crippen molar-refractivity contribution in [3.63, 3.8) is 0 Å². The van der Waals surface area contributed by atoms with E-state index in [-0.39, 0.29) is 11.9 Å². The smallest absolute Gasteiger partial charge is 0.230 e. The molecule has 0 bridgehead atoms. The Morgan fingerprint density at radius 3 is 2.61 bits per heavy atom. The molecule has 2 heterocycles. The highest BCUT2D eigenvalue weighted by atomic mass is 16.5. The van der Waals surface area contributed by atoms with Crippen LogP contribution in [0.5, 0.6) is 5.75 Å². The largest absolute Gasteiger partial charge is 0.497 e. The second kappa shape index (κ2) is 5.39. The lowest BCUT2D eigenvalue weighted by Crippen LogP contribution is -2.46. The molecule has 0 saturated carbocycles. The Bertz CT molecular complexity index is 869. The van der Waals surface area contributed by atoms with Crippen molar-refractivity contribution in [1.29, 1.82) is 0 Å². The van der Waals surface area contributed by atoms with Crippen LogP contribution in [-0.2, 0) is 4.79 Å². The van der Waals surface area contributed by atoms with Gasteiger partial charge in [-0.15, -0.1) is 0 Å². The van der Waals surface area contributed by atoms with Crippen LogP contribution in [0.2, 0.25) is 0 Å². The molecule has 1 atom stereocenters. The Morgan fingerprint density at radius 1 is 1.09 bits per heavy atom. The van der Waals surface area contributed by atoms with E-state index in [1.54, 1.807) is 13.3 Å². The molecule has 1 saturated heterocycles. The number of β-lactam (4-membered cyclic amide) rings is 1. The van der Waals surface area contributed by atoms with Gasteiger partial charge in [0, 0.05) is 11.6 Å². The Balaban J connectivity index is 1.75. The molecule has 4 heteroatoms. The minimum atomic E-state index is 0.0565. The van der Waals surface area contributed by atoms with Gasteiger partial charge in [-0.05, 0) is 29.8 Å². The standard InChI is InChI=1S/C19H16N2O2/c1-23-15-9-7-13(8-10-15)17-12-18(22)21(17)16-6-2-4-14-5-3-11-20-19(14)16/h2-11,17H,12H2,1H3. The van der Waals surface area contributed by atoms with Crippen LogP contribution < -0.4 is 9.64 Å². The molecule has 0 spiro atoms. The van der Waals surface area contributed by atoms with Crippen LogP contribution >= 0.6 is 0 Å². The number of rotatable bonds is 3. The molecule has 3 aromatic rings. The molecular formula is C19H16N2O2. The summed E-state index contributed by atoms with van der Waals surface area (Å²) in [6.07, 6.45) is 2.29. The average molecular weight is 304 g/mol. The molecule has 0 radical (unpaired) electrons. The predicted octanol–water partition coefficient (Wildman–Crippen LogP) is 3.72. The van der Waals surface area contributed by atoms with Gasteiger partial charge in [0.1, 0.15) is 5.75 Å². The number of hydrogen-bond acceptors (Lipinski definition) is 3. The summed E-state index contributed by atoms with van der Waals surface area (Å²) in [5.41, 5.74) is 2.85. The van der Waals surface area contributed by atoms with E-state index in [9.17, 15) is 4.79 Å². The average Bonchev–Trinajstić information content (AvgIpc) is 2.60. The number of carbonyl (C=O) groups is 1. The van der Waals surface area contributed by atoms with Crippen LogP contribution in [0.1, 0.15) is 18.0 Å².